The van der Waals surface area contributed by atoms with Gasteiger partial charge in [-0.1, -0.05) is 0 Å². The fourth-order valence-corrected chi connectivity index (χ4v) is 2.26. The first kappa shape index (κ1) is 12.1. The molecule has 2 N–H and O–H groups in total. The maximum Gasteiger partial charge on any atom is 0.224 e. The molecular weight excluding hydrogens is 216 g/mol. The van der Waals surface area contributed by atoms with Crippen LogP contribution in [0.4, 0.5) is 0 Å². The minimum atomic E-state index is 0.117. The van der Waals surface area contributed by atoms with Crippen LogP contribution in [-0.4, -0.2) is 34.6 Å². The van der Waals surface area contributed by atoms with Gasteiger partial charge in [0, 0.05) is 31.5 Å². The highest BCUT2D eigenvalue weighted by molar-refractivity contribution is 5.79. The number of amides is 1. The molecule has 0 spiro atoms. The summed E-state index contributed by atoms with van der Waals surface area (Å²) in [5.41, 5.74) is 0. The highest BCUT2D eigenvalue weighted by Crippen LogP contribution is 2.15. The van der Waals surface area contributed by atoms with Crippen LogP contribution in [-0.2, 0) is 11.3 Å². The lowest BCUT2D eigenvalue weighted by Crippen LogP contribution is -2.47. The molecule has 5 heteroatoms. The van der Waals surface area contributed by atoms with Gasteiger partial charge >= 0.3 is 0 Å². The largest absolute Gasteiger partial charge is 0.354 e. The number of imidazole rings is 1. The summed E-state index contributed by atoms with van der Waals surface area (Å²) in [5, 5.41) is 6.33. The maximum absolute atomic E-state index is 12.0. The van der Waals surface area contributed by atoms with E-state index < -0.39 is 0 Å². The summed E-state index contributed by atoms with van der Waals surface area (Å²) < 4.78 is 1.96. The molecule has 1 aliphatic rings. The normalized spacial score (nSPS) is 24.5. The van der Waals surface area contributed by atoms with E-state index in [0.717, 1.165) is 25.9 Å². The van der Waals surface area contributed by atoms with E-state index in [4.69, 9.17) is 0 Å². The zero-order valence-electron chi connectivity index (χ0n) is 10.2. The van der Waals surface area contributed by atoms with Gasteiger partial charge in [0.15, 0.2) is 0 Å². The topological polar surface area (TPSA) is 59.0 Å². The number of hydrogen-bond acceptors (Lipinski definition) is 3. The monoisotopic (exact) mass is 236 g/mol. The summed E-state index contributed by atoms with van der Waals surface area (Å²) in [6.45, 7) is 4.55. The number of rotatable bonds is 4. The van der Waals surface area contributed by atoms with Gasteiger partial charge in [-0.05, 0) is 26.3 Å². The first-order chi connectivity index (χ1) is 8.27. The molecule has 0 aliphatic carbocycles. The highest BCUT2D eigenvalue weighted by atomic mass is 16.1. The van der Waals surface area contributed by atoms with Crippen molar-refractivity contribution in [3.05, 3.63) is 18.7 Å². The quantitative estimate of drug-likeness (QED) is 0.795. The molecule has 2 unspecified atom stereocenters. The summed E-state index contributed by atoms with van der Waals surface area (Å²) in [4.78, 5) is 15.9. The van der Waals surface area contributed by atoms with Gasteiger partial charge in [0.05, 0.1) is 12.2 Å². The van der Waals surface area contributed by atoms with Crippen molar-refractivity contribution in [3.8, 4) is 0 Å². The molecule has 94 valence electrons. The Kier molecular flexibility index (Phi) is 4.14. The molecule has 0 saturated carbocycles. The van der Waals surface area contributed by atoms with Gasteiger partial charge in [-0.3, -0.25) is 4.79 Å². The molecule has 0 aromatic carbocycles. The summed E-state index contributed by atoms with van der Waals surface area (Å²) in [6.07, 6.45) is 7.48. The van der Waals surface area contributed by atoms with E-state index in [2.05, 4.69) is 22.5 Å². The molecule has 0 bridgehead atoms. The lowest BCUT2D eigenvalue weighted by atomic mass is 9.91. The number of carbonyl (C=O) groups excluding carboxylic acids is 1. The van der Waals surface area contributed by atoms with Gasteiger partial charge in [-0.25, -0.2) is 4.98 Å². The predicted octanol–water partition coefficient (Wildman–Crippen LogP) is 0.387. The summed E-state index contributed by atoms with van der Waals surface area (Å²) in [5.74, 6) is 0.288. The Labute approximate surface area is 102 Å². The Hall–Kier alpha value is -1.36. The van der Waals surface area contributed by atoms with Crippen LogP contribution in [0, 0.1) is 5.92 Å². The minimum Gasteiger partial charge on any atom is -0.354 e. The highest BCUT2D eigenvalue weighted by Gasteiger charge is 2.26. The summed E-state index contributed by atoms with van der Waals surface area (Å²) in [6, 6.07) is 0.289. The van der Waals surface area contributed by atoms with E-state index in [1.165, 1.54) is 0 Å². The molecule has 1 aromatic heterocycles. The lowest BCUT2D eigenvalue weighted by Gasteiger charge is -2.28. The first-order valence-electron chi connectivity index (χ1n) is 6.24. The number of carbonyl (C=O) groups is 1. The fourth-order valence-electron chi connectivity index (χ4n) is 2.26. The SMILES string of the molecule is CC1NCCCC1C(=O)NCCn1ccnc1. The Morgan fingerprint density at radius 2 is 2.53 bits per heavy atom. The van der Waals surface area contributed by atoms with Gasteiger partial charge in [0.25, 0.3) is 0 Å². The smallest absolute Gasteiger partial charge is 0.224 e. The van der Waals surface area contributed by atoms with Gasteiger partial charge in [0.2, 0.25) is 5.91 Å². The third-order valence-corrected chi connectivity index (χ3v) is 3.33. The Morgan fingerprint density at radius 1 is 1.65 bits per heavy atom. The van der Waals surface area contributed by atoms with E-state index in [0.29, 0.717) is 6.54 Å². The van der Waals surface area contributed by atoms with Crippen LogP contribution >= 0.6 is 0 Å². The number of nitrogens with zero attached hydrogens (tertiary/aromatic N) is 2. The average molecular weight is 236 g/mol. The molecule has 5 nitrogen and oxygen atoms in total. The van der Waals surface area contributed by atoms with Crippen LogP contribution in [0.1, 0.15) is 19.8 Å². The van der Waals surface area contributed by atoms with E-state index in [9.17, 15) is 4.79 Å². The summed E-state index contributed by atoms with van der Waals surface area (Å²) >= 11 is 0. The maximum atomic E-state index is 12.0. The van der Waals surface area contributed by atoms with E-state index in [-0.39, 0.29) is 17.9 Å². The second-order valence-corrected chi connectivity index (χ2v) is 4.58. The van der Waals surface area contributed by atoms with Gasteiger partial charge in [0.1, 0.15) is 0 Å². The van der Waals surface area contributed by atoms with Crippen molar-refractivity contribution in [2.24, 2.45) is 5.92 Å². The average Bonchev–Trinajstić information content (AvgIpc) is 2.82. The Morgan fingerprint density at radius 3 is 3.24 bits per heavy atom. The van der Waals surface area contributed by atoms with E-state index >= 15 is 0 Å². The van der Waals surface area contributed by atoms with Crippen LogP contribution in [0.5, 0.6) is 0 Å². The minimum absolute atomic E-state index is 0.117. The van der Waals surface area contributed by atoms with Gasteiger partial charge in [-0.2, -0.15) is 0 Å². The molecule has 2 heterocycles. The van der Waals surface area contributed by atoms with Crippen molar-refractivity contribution in [2.75, 3.05) is 13.1 Å². The van der Waals surface area contributed by atoms with Crippen LogP contribution in [0.2, 0.25) is 0 Å². The molecule has 2 atom stereocenters. The molecular formula is C12H20N4O. The van der Waals surface area contributed by atoms with Gasteiger partial charge < -0.3 is 15.2 Å². The molecule has 0 radical (unpaired) electrons. The zero-order valence-corrected chi connectivity index (χ0v) is 10.2. The second kappa shape index (κ2) is 5.82. The van der Waals surface area contributed by atoms with Crippen molar-refractivity contribution < 1.29 is 4.79 Å². The molecule has 2 rings (SSSR count). The first-order valence-corrected chi connectivity index (χ1v) is 6.24. The molecule has 1 amide bonds. The van der Waals surface area contributed by atoms with Crippen molar-refractivity contribution in [3.63, 3.8) is 0 Å². The molecule has 1 saturated heterocycles. The number of piperidine rings is 1. The molecule has 1 fully saturated rings. The van der Waals surface area contributed by atoms with E-state index in [1.54, 1.807) is 12.5 Å². The number of aromatic nitrogens is 2. The number of nitrogens with one attached hydrogen (secondary N) is 2. The Bertz CT molecular complexity index is 349. The zero-order chi connectivity index (χ0) is 12.1. The van der Waals surface area contributed by atoms with Crippen LogP contribution in [0.3, 0.4) is 0 Å². The van der Waals surface area contributed by atoms with Crippen molar-refractivity contribution in [2.45, 2.75) is 32.4 Å². The van der Waals surface area contributed by atoms with Crippen LogP contribution in [0.25, 0.3) is 0 Å². The van der Waals surface area contributed by atoms with Crippen molar-refractivity contribution >= 4 is 5.91 Å². The van der Waals surface area contributed by atoms with Crippen LogP contribution < -0.4 is 10.6 Å². The Balaban J connectivity index is 1.73. The molecule has 17 heavy (non-hydrogen) atoms. The van der Waals surface area contributed by atoms with Crippen molar-refractivity contribution in [1.29, 1.82) is 0 Å². The lowest BCUT2D eigenvalue weighted by molar-refractivity contribution is -0.126. The van der Waals surface area contributed by atoms with Crippen molar-refractivity contribution in [1.82, 2.24) is 20.2 Å². The predicted molar refractivity (Wildman–Crippen MR) is 65.4 cm³/mol. The second-order valence-electron chi connectivity index (χ2n) is 4.58. The van der Waals surface area contributed by atoms with Gasteiger partial charge in [-0.15, -0.1) is 0 Å². The molecule has 1 aliphatic heterocycles. The fraction of sp³-hybridized carbons (Fsp3) is 0.667. The standard InChI is InChI=1S/C12H20N4O/c1-10-11(3-2-4-14-10)12(17)15-6-8-16-7-5-13-9-16/h5,7,9-11,14H,2-4,6,8H2,1H3,(H,15,17). The third kappa shape index (κ3) is 3.30. The van der Waals surface area contributed by atoms with Crippen LogP contribution in [0.15, 0.2) is 18.7 Å². The summed E-state index contributed by atoms with van der Waals surface area (Å²) in [7, 11) is 0. The third-order valence-electron chi connectivity index (χ3n) is 3.33. The van der Waals surface area contributed by atoms with E-state index in [1.807, 2.05) is 10.8 Å². The molecule has 1 aromatic rings. The number of hydrogen-bond donors (Lipinski definition) is 2.